The van der Waals surface area contributed by atoms with Crippen molar-refractivity contribution in [2.45, 2.75) is 18.4 Å². The van der Waals surface area contributed by atoms with Crippen LogP contribution in [0.15, 0.2) is 83.8 Å². The molecule has 1 aliphatic heterocycles. The molecule has 8 heteroatoms. The van der Waals surface area contributed by atoms with E-state index < -0.39 is 10.0 Å². The van der Waals surface area contributed by atoms with Gasteiger partial charge in [-0.15, -0.1) is 0 Å². The molecule has 0 unspecified atom stereocenters. The van der Waals surface area contributed by atoms with E-state index in [1.165, 1.54) is 16.4 Å². The lowest BCUT2D eigenvalue weighted by Gasteiger charge is -2.34. The molecule has 1 saturated heterocycles. The Morgan fingerprint density at radius 2 is 1.59 bits per heavy atom. The van der Waals surface area contributed by atoms with E-state index in [-0.39, 0.29) is 17.3 Å². The number of halogens is 1. The lowest BCUT2D eigenvalue weighted by molar-refractivity contribution is 0.0643. The first kappa shape index (κ1) is 24.3. The van der Waals surface area contributed by atoms with E-state index in [0.717, 1.165) is 25.2 Å². The normalized spacial score (nSPS) is 14.7. The Morgan fingerprint density at radius 3 is 2.26 bits per heavy atom. The highest BCUT2D eigenvalue weighted by Gasteiger charge is 2.28. The molecule has 0 atom stereocenters. The van der Waals surface area contributed by atoms with E-state index in [1.54, 1.807) is 41.3 Å². The molecule has 1 heterocycles. The predicted molar refractivity (Wildman–Crippen MR) is 136 cm³/mol. The number of carbonyl (C=O) groups excluding carboxylic acids is 1. The van der Waals surface area contributed by atoms with Gasteiger partial charge in [0.15, 0.2) is 0 Å². The third kappa shape index (κ3) is 5.27. The molecule has 4 rings (SSSR count). The Balaban J connectivity index is 1.67. The number of benzene rings is 3. The third-order valence-electron chi connectivity index (χ3n) is 6.07. The van der Waals surface area contributed by atoms with Crippen molar-refractivity contribution in [2.24, 2.45) is 0 Å². The van der Waals surface area contributed by atoms with Crippen molar-refractivity contribution < 1.29 is 13.2 Å². The smallest absolute Gasteiger partial charge is 0.264 e. The quantitative estimate of drug-likeness (QED) is 0.481. The molecular weight excluding hydrogens is 470 g/mol. The summed E-state index contributed by atoms with van der Waals surface area (Å²) in [7, 11) is -4.00. The summed E-state index contributed by atoms with van der Waals surface area (Å²) in [6.07, 6.45) is 0. The number of anilines is 1. The van der Waals surface area contributed by atoms with Crippen LogP contribution in [0, 0.1) is 0 Å². The molecule has 1 amide bonds. The number of sulfonamides is 1. The number of hydrogen-bond donors (Lipinski definition) is 0. The number of nitrogens with zero attached hydrogens (tertiary/aromatic N) is 3. The van der Waals surface area contributed by atoms with E-state index in [0.29, 0.717) is 29.4 Å². The zero-order chi connectivity index (χ0) is 24.1. The molecule has 34 heavy (non-hydrogen) atoms. The Labute approximate surface area is 206 Å². The van der Waals surface area contributed by atoms with Crippen LogP contribution in [0.1, 0.15) is 22.8 Å². The highest BCUT2D eigenvalue weighted by atomic mass is 35.5. The first-order valence-corrected chi connectivity index (χ1v) is 13.1. The second-order valence-corrected chi connectivity index (χ2v) is 10.5. The van der Waals surface area contributed by atoms with Gasteiger partial charge in [0.1, 0.15) is 0 Å². The lowest BCUT2D eigenvalue weighted by atomic mass is 10.2. The molecular formula is C26H28ClN3O3S. The number of para-hydroxylation sites is 1. The Bertz CT molecular complexity index is 1240. The van der Waals surface area contributed by atoms with E-state index in [2.05, 4.69) is 11.8 Å². The molecule has 0 aliphatic carbocycles. The van der Waals surface area contributed by atoms with Crippen LogP contribution in [0.5, 0.6) is 0 Å². The molecule has 0 saturated carbocycles. The highest BCUT2D eigenvalue weighted by molar-refractivity contribution is 7.92. The minimum absolute atomic E-state index is 0.0568. The number of likely N-dealkylation sites (N-methyl/N-ethyl adjacent to an activating group) is 1. The fraction of sp³-hybridized carbons (Fsp3) is 0.269. The predicted octanol–water partition coefficient (Wildman–Crippen LogP) is 4.51. The minimum atomic E-state index is -4.00. The van der Waals surface area contributed by atoms with Crippen LogP contribution in [0.25, 0.3) is 0 Å². The molecule has 0 radical (unpaired) electrons. The summed E-state index contributed by atoms with van der Waals surface area (Å²) in [6, 6.07) is 22.5. The van der Waals surface area contributed by atoms with Crippen LogP contribution in [-0.4, -0.2) is 56.8 Å². The number of carbonyl (C=O) groups is 1. The van der Waals surface area contributed by atoms with E-state index in [1.807, 2.05) is 30.3 Å². The zero-order valence-corrected chi connectivity index (χ0v) is 20.7. The topological polar surface area (TPSA) is 60.9 Å². The average Bonchev–Trinajstić information content (AvgIpc) is 2.88. The summed E-state index contributed by atoms with van der Waals surface area (Å²) >= 11 is 6.41. The molecule has 178 valence electrons. The van der Waals surface area contributed by atoms with Crippen LogP contribution in [0.3, 0.4) is 0 Å². The van der Waals surface area contributed by atoms with Gasteiger partial charge in [-0.3, -0.25) is 9.10 Å². The second kappa shape index (κ2) is 10.6. The fourth-order valence-corrected chi connectivity index (χ4v) is 5.88. The number of hydrogen-bond acceptors (Lipinski definition) is 4. The highest BCUT2D eigenvalue weighted by Crippen LogP contribution is 2.32. The Kier molecular flexibility index (Phi) is 7.56. The van der Waals surface area contributed by atoms with Crippen molar-refractivity contribution in [1.29, 1.82) is 0 Å². The molecule has 0 spiro atoms. The van der Waals surface area contributed by atoms with Gasteiger partial charge in [-0.2, -0.15) is 0 Å². The van der Waals surface area contributed by atoms with Gasteiger partial charge in [-0.05, 0) is 42.4 Å². The van der Waals surface area contributed by atoms with Crippen molar-refractivity contribution >= 4 is 33.2 Å². The molecule has 0 aromatic heterocycles. The largest absolute Gasteiger partial charge is 0.336 e. The summed E-state index contributed by atoms with van der Waals surface area (Å²) in [5.41, 5.74) is 1.58. The van der Waals surface area contributed by atoms with Gasteiger partial charge in [-0.25, -0.2) is 8.42 Å². The van der Waals surface area contributed by atoms with Crippen LogP contribution in [0.2, 0.25) is 5.02 Å². The SMILES string of the molecule is CCN1CCN(C(=O)c2cccc(S(=O)(=O)N(Cc3ccccc3)c3ccccc3Cl)c2)CC1. The molecule has 1 aliphatic rings. The van der Waals surface area contributed by atoms with Crippen molar-refractivity contribution in [2.75, 3.05) is 37.0 Å². The van der Waals surface area contributed by atoms with E-state index in [4.69, 9.17) is 11.6 Å². The summed E-state index contributed by atoms with van der Waals surface area (Å²) in [6.45, 7) is 6.06. The molecule has 1 fully saturated rings. The maximum Gasteiger partial charge on any atom is 0.264 e. The van der Waals surface area contributed by atoms with Crippen molar-refractivity contribution in [3.05, 3.63) is 95.0 Å². The van der Waals surface area contributed by atoms with Crippen molar-refractivity contribution in [1.82, 2.24) is 9.80 Å². The first-order valence-electron chi connectivity index (χ1n) is 11.3. The second-order valence-electron chi connectivity index (χ2n) is 8.20. The summed E-state index contributed by atoms with van der Waals surface area (Å²) in [4.78, 5) is 17.3. The van der Waals surface area contributed by atoms with Gasteiger partial charge in [0.2, 0.25) is 0 Å². The van der Waals surface area contributed by atoms with E-state index in [9.17, 15) is 13.2 Å². The maximum absolute atomic E-state index is 13.9. The molecule has 0 N–H and O–H groups in total. The Hall–Kier alpha value is -2.87. The van der Waals surface area contributed by atoms with Crippen LogP contribution in [0.4, 0.5) is 5.69 Å². The minimum Gasteiger partial charge on any atom is -0.336 e. The summed E-state index contributed by atoms with van der Waals surface area (Å²) in [5.74, 6) is -0.153. The number of amides is 1. The third-order valence-corrected chi connectivity index (χ3v) is 8.14. The van der Waals surface area contributed by atoms with Gasteiger partial charge in [-0.1, -0.05) is 67.1 Å². The van der Waals surface area contributed by atoms with Crippen molar-refractivity contribution in [3.8, 4) is 0 Å². The van der Waals surface area contributed by atoms with E-state index >= 15 is 0 Å². The molecule has 3 aromatic rings. The Morgan fingerprint density at radius 1 is 0.912 bits per heavy atom. The van der Waals surface area contributed by atoms with Gasteiger partial charge in [0.05, 0.1) is 22.2 Å². The number of piperazine rings is 1. The van der Waals surface area contributed by atoms with Gasteiger partial charge >= 0.3 is 0 Å². The summed E-state index contributed by atoms with van der Waals surface area (Å²) in [5, 5.41) is 0.336. The molecule has 6 nitrogen and oxygen atoms in total. The van der Waals surface area contributed by atoms with Crippen LogP contribution >= 0.6 is 11.6 Å². The van der Waals surface area contributed by atoms with Crippen molar-refractivity contribution in [3.63, 3.8) is 0 Å². The molecule has 0 bridgehead atoms. The fourth-order valence-electron chi connectivity index (χ4n) is 4.07. The monoisotopic (exact) mass is 497 g/mol. The van der Waals surface area contributed by atoms with Gasteiger partial charge < -0.3 is 9.80 Å². The van der Waals surface area contributed by atoms with Crippen LogP contribution < -0.4 is 4.31 Å². The average molecular weight is 498 g/mol. The summed E-state index contributed by atoms with van der Waals surface area (Å²) < 4.78 is 29.0. The van der Waals surface area contributed by atoms with Crippen LogP contribution in [-0.2, 0) is 16.6 Å². The number of rotatable bonds is 7. The first-order chi connectivity index (χ1) is 16.4. The van der Waals surface area contributed by atoms with Gasteiger partial charge in [0.25, 0.3) is 15.9 Å². The maximum atomic E-state index is 13.9. The van der Waals surface area contributed by atoms with Gasteiger partial charge in [0, 0.05) is 31.7 Å². The standard InChI is InChI=1S/C26H28ClN3O3S/c1-2-28-15-17-29(18-16-28)26(31)22-11-8-12-23(19-22)34(32,33)30(20-21-9-4-3-5-10-21)25-14-7-6-13-24(25)27/h3-14,19H,2,15-18,20H2,1H3. The molecule has 3 aromatic carbocycles. The zero-order valence-electron chi connectivity index (χ0n) is 19.1. The lowest BCUT2D eigenvalue weighted by Crippen LogP contribution is -2.48.